The number of hydrogen-bond acceptors (Lipinski definition) is 4. The Labute approximate surface area is 119 Å². The van der Waals surface area contributed by atoms with Gasteiger partial charge in [0.2, 0.25) is 0 Å². The van der Waals surface area contributed by atoms with E-state index in [1.165, 1.54) is 12.1 Å². The number of piperidine rings is 1. The lowest BCUT2D eigenvalue weighted by atomic mass is 9.96. The second kappa shape index (κ2) is 5.88. The first-order valence-electron chi connectivity index (χ1n) is 6.60. The van der Waals surface area contributed by atoms with Crippen molar-refractivity contribution in [1.29, 1.82) is 0 Å². The molecule has 0 bridgehead atoms. The van der Waals surface area contributed by atoms with Crippen LogP contribution in [0.5, 0.6) is 0 Å². The molecule has 21 heavy (non-hydrogen) atoms. The number of nitro benzene ring substituents is 1. The summed E-state index contributed by atoms with van der Waals surface area (Å²) in [5.41, 5.74) is 6.24. The van der Waals surface area contributed by atoms with Crippen molar-refractivity contribution in [3.63, 3.8) is 0 Å². The molecule has 116 valence electrons. The van der Waals surface area contributed by atoms with Gasteiger partial charge in [-0.1, -0.05) is 12.1 Å². The lowest BCUT2D eigenvalue weighted by Crippen LogP contribution is -2.38. The maximum absolute atomic E-state index is 12.6. The lowest BCUT2D eigenvalue weighted by Gasteiger charge is -2.33. The molecule has 0 amide bonds. The molecule has 1 aromatic carbocycles. The molecule has 0 unspecified atom stereocenters. The van der Waals surface area contributed by atoms with Crippen molar-refractivity contribution >= 4 is 11.4 Å². The Balaban J connectivity index is 2.01. The summed E-state index contributed by atoms with van der Waals surface area (Å²) < 4.78 is 37.8. The number of anilines is 1. The molecule has 1 aromatic rings. The van der Waals surface area contributed by atoms with Crippen LogP contribution < -0.4 is 5.73 Å². The van der Waals surface area contributed by atoms with Gasteiger partial charge in [-0.25, -0.2) is 0 Å². The van der Waals surface area contributed by atoms with E-state index < -0.39 is 17.0 Å². The molecule has 1 aliphatic heterocycles. The molecule has 0 spiro atoms. The van der Waals surface area contributed by atoms with E-state index in [-0.39, 0.29) is 24.2 Å². The highest BCUT2D eigenvalue weighted by Crippen LogP contribution is 2.35. The number of rotatable bonds is 3. The van der Waals surface area contributed by atoms with Gasteiger partial charge in [0.25, 0.3) is 5.69 Å². The minimum atomic E-state index is -4.14. The van der Waals surface area contributed by atoms with Crippen molar-refractivity contribution in [1.82, 2.24) is 4.90 Å². The summed E-state index contributed by atoms with van der Waals surface area (Å²) in [5.74, 6) is -1.25. The molecule has 0 atom stereocenters. The molecule has 1 heterocycles. The van der Waals surface area contributed by atoms with Crippen molar-refractivity contribution < 1.29 is 18.1 Å². The van der Waals surface area contributed by atoms with E-state index in [4.69, 9.17) is 5.73 Å². The van der Waals surface area contributed by atoms with E-state index in [9.17, 15) is 23.3 Å². The number of likely N-dealkylation sites (tertiary alicyclic amines) is 1. The van der Waals surface area contributed by atoms with Gasteiger partial charge in [0.1, 0.15) is 5.69 Å². The minimum absolute atomic E-state index is 0.0539. The zero-order valence-corrected chi connectivity index (χ0v) is 11.3. The number of benzene rings is 1. The lowest BCUT2D eigenvalue weighted by molar-refractivity contribution is -0.384. The number of para-hydroxylation sites is 1. The van der Waals surface area contributed by atoms with E-state index in [1.807, 2.05) is 4.90 Å². The van der Waals surface area contributed by atoms with Crippen molar-refractivity contribution in [3.05, 3.63) is 33.9 Å². The zero-order valence-electron chi connectivity index (χ0n) is 11.3. The van der Waals surface area contributed by atoms with Gasteiger partial charge in [0.15, 0.2) is 0 Å². The van der Waals surface area contributed by atoms with E-state index >= 15 is 0 Å². The standard InChI is InChI=1S/C13H16F3N3O2/c14-13(15,16)10-4-6-18(7-5-10)8-9-2-1-3-11(12(9)17)19(20)21/h1-3,10H,4-8,17H2. The Morgan fingerprint density at radius 2 is 1.95 bits per heavy atom. The monoisotopic (exact) mass is 303 g/mol. The molecule has 8 heteroatoms. The van der Waals surface area contributed by atoms with Crippen LogP contribution in [-0.2, 0) is 6.54 Å². The summed E-state index contributed by atoms with van der Waals surface area (Å²) in [7, 11) is 0. The van der Waals surface area contributed by atoms with Gasteiger partial charge in [-0.05, 0) is 31.5 Å². The van der Waals surface area contributed by atoms with E-state index in [1.54, 1.807) is 6.07 Å². The number of hydrogen-bond donors (Lipinski definition) is 1. The molecule has 0 saturated carbocycles. The Morgan fingerprint density at radius 1 is 1.33 bits per heavy atom. The molecule has 1 saturated heterocycles. The molecule has 0 radical (unpaired) electrons. The smallest absolute Gasteiger partial charge is 0.391 e. The number of nitrogens with two attached hydrogens (primary N) is 1. The van der Waals surface area contributed by atoms with E-state index in [0.29, 0.717) is 25.2 Å². The van der Waals surface area contributed by atoms with E-state index in [0.717, 1.165) is 0 Å². The summed E-state index contributed by atoms with van der Waals surface area (Å²) in [6.07, 6.45) is -4.03. The Bertz CT molecular complexity index is 526. The van der Waals surface area contributed by atoms with Gasteiger partial charge in [-0.2, -0.15) is 13.2 Å². The van der Waals surface area contributed by atoms with Crippen LogP contribution in [0.25, 0.3) is 0 Å². The Morgan fingerprint density at radius 3 is 2.48 bits per heavy atom. The van der Waals surface area contributed by atoms with Crippen molar-refractivity contribution in [2.24, 2.45) is 5.92 Å². The van der Waals surface area contributed by atoms with Crippen LogP contribution in [0.2, 0.25) is 0 Å². The molecule has 5 nitrogen and oxygen atoms in total. The predicted molar refractivity (Wildman–Crippen MR) is 71.6 cm³/mol. The summed E-state index contributed by atoms with van der Waals surface area (Å²) in [4.78, 5) is 12.1. The fourth-order valence-electron chi connectivity index (χ4n) is 2.56. The first-order chi connectivity index (χ1) is 9.79. The second-order valence-corrected chi connectivity index (χ2v) is 5.20. The third-order valence-corrected chi connectivity index (χ3v) is 3.81. The molecule has 1 fully saturated rings. The Hall–Kier alpha value is -1.83. The summed E-state index contributed by atoms with van der Waals surface area (Å²) in [6, 6.07) is 4.51. The van der Waals surface area contributed by atoms with Crippen LogP contribution in [-0.4, -0.2) is 29.1 Å². The number of halogens is 3. The maximum Gasteiger partial charge on any atom is 0.391 e. The average Bonchev–Trinajstić information content (AvgIpc) is 2.40. The summed E-state index contributed by atoms with van der Waals surface area (Å²) in [5, 5.41) is 10.8. The topological polar surface area (TPSA) is 72.4 Å². The third-order valence-electron chi connectivity index (χ3n) is 3.81. The first kappa shape index (κ1) is 15.6. The fraction of sp³-hybridized carbons (Fsp3) is 0.538. The molecule has 2 rings (SSSR count). The quantitative estimate of drug-likeness (QED) is 0.529. The molecular weight excluding hydrogens is 287 g/mol. The van der Waals surface area contributed by atoms with Gasteiger partial charge in [-0.15, -0.1) is 0 Å². The number of nitro groups is 1. The normalized spacial score (nSPS) is 17.9. The minimum Gasteiger partial charge on any atom is -0.393 e. The van der Waals surface area contributed by atoms with Crippen molar-refractivity contribution in [2.45, 2.75) is 25.6 Å². The highest BCUT2D eigenvalue weighted by Gasteiger charge is 2.41. The zero-order chi connectivity index (χ0) is 15.6. The van der Waals surface area contributed by atoms with Gasteiger partial charge in [0.05, 0.1) is 10.8 Å². The average molecular weight is 303 g/mol. The maximum atomic E-state index is 12.6. The summed E-state index contributed by atoms with van der Waals surface area (Å²) in [6.45, 7) is 0.955. The van der Waals surface area contributed by atoms with Crippen LogP contribution in [0.15, 0.2) is 18.2 Å². The van der Waals surface area contributed by atoms with Gasteiger partial charge >= 0.3 is 6.18 Å². The molecule has 1 aliphatic rings. The van der Waals surface area contributed by atoms with Gasteiger partial charge in [0, 0.05) is 12.6 Å². The van der Waals surface area contributed by atoms with Crippen molar-refractivity contribution in [2.75, 3.05) is 18.8 Å². The molecular formula is C13H16F3N3O2. The highest BCUT2D eigenvalue weighted by molar-refractivity contribution is 5.62. The summed E-state index contributed by atoms with van der Waals surface area (Å²) >= 11 is 0. The van der Waals surface area contributed by atoms with Gasteiger partial charge in [-0.3, -0.25) is 15.0 Å². The fourth-order valence-corrected chi connectivity index (χ4v) is 2.56. The van der Waals surface area contributed by atoms with Crippen LogP contribution in [0, 0.1) is 16.0 Å². The molecule has 0 aliphatic carbocycles. The highest BCUT2D eigenvalue weighted by atomic mass is 19.4. The largest absolute Gasteiger partial charge is 0.393 e. The second-order valence-electron chi connectivity index (χ2n) is 5.20. The van der Waals surface area contributed by atoms with E-state index in [2.05, 4.69) is 0 Å². The van der Waals surface area contributed by atoms with Crippen LogP contribution in [0.4, 0.5) is 24.5 Å². The van der Waals surface area contributed by atoms with Gasteiger partial charge < -0.3 is 5.73 Å². The SMILES string of the molecule is Nc1c(CN2CCC(C(F)(F)F)CC2)cccc1[N+](=O)[O-]. The number of nitrogens with zero attached hydrogens (tertiary/aromatic N) is 2. The van der Waals surface area contributed by atoms with Crippen molar-refractivity contribution in [3.8, 4) is 0 Å². The number of alkyl halides is 3. The van der Waals surface area contributed by atoms with Crippen LogP contribution >= 0.6 is 0 Å². The number of nitrogen functional groups attached to an aromatic ring is 1. The molecule has 0 aromatic heterocycles. The predicted octanol–water partition coefficient (Wildman–Crippen LogP) is 2.95. The third kappa shape index (κ3) is 3.63. The Kier molecular flexibility index (Phi) is 4.36. The first-order valence-corrected chi connectivity index (χ1v) is 6.60. The van der Waals surface area contributed by atoms with Crippen LogP contribution in [0.1, 0.15) is 18.4 Å². The van der Waals surface area contributed by atoms with Crippen LogP contribution in [0.3, 0.4) is 0 Å². The molecule has 2 N–H and O–H groups in total.